The second-order valence-electron chi connectivity index (χ2n) is 3.89. The van der Waals surface area contributed by atoms with Gasteiger partial charge in [0.25, 0.3) is 0 Å². The van der Waals surface area contributed by atoms with Gasteiger partial charge in [0, 0.05) is 12.6 Å². The minimum absolute atomic E-state index is 0.194. The minimum atomic E-state index is 0.194. The number of hydrogen-bond donors (Lipinski definition) is 2. The van der Waals surface area contributed by atoms with Crippen molar-refractivity contribution < 1.29 is 4.74 Å². The van der Waals surface area contributed by atoms with Gasteiger partial charge in [-0.05, 0) is 25.0 Å². The Bertz CT molecular complexity index is 302. The monoisotopic (exact) mass is 222 g/mol. The van der Waals surface area contributed by atoms with E-state index >= 15 is 0 Å². The molecular weight excluding hydrogens is 200 g/mol. The molecular formula is C13H22N2O. The number of hydrogen-bond acceptors (Lipinski definition) is 3. The number of para-hydroxylation sites is 2. The maximum absolute atomic E-state index is 5.87. The van der Waals surface area contributed by atoms with Crippen molar-refractivity contribution in [2.24, 2.45) is 5.73 Å². The van der Waals surface area contributed by atoms with E-state index < -0.39 is 0 Å². The number of benzene rings is 1. The first-order valence-electron chi connectivity index (χ1n) is 5.99. The molecule has 3 nitrogen and oxygen atoms in total. The molecule has 0 fully saturated rings. The van der Waals surface area contributed by atoms with Crippen LogP contribution in [0.4, 0.5) is 5.69 Å². The van der Waals surface area contributed by atoms with Crippen LogP contribution < -0.4 is 15.8 Å². The van der Waals surface area contributed by atoms with Gasteiger partial charge < -0.3 is 15.8 Å². The molecule has 0 aliphatic rings. The van der Waals surface area contributed by atoms with Crippen LogP contribution in [-0.2, 0) is 0 Å². The molecule has 0 heterocycles. The number of ether oxygens (including phenoxy) is 1. The van der Waals surface area contributed by atoms with Crippen molar-refractivity contribution >= 4 is 5.69 Å². The quantitative estimate of drug-likeness (QED) is 0.745. The molecule has 1 atom stereocenters. The third-order valence-corrected chi connectivity index (χ3v) is 2.43. The zero-order valence-electron chi connectivity index (χ0n) is 10.2. The van der Waals surface area contributed by atoms with E-state index in [2.05, 4.69) is 19.2 Å². The number of anilines is 1. The minimum Gasteiger partial charge on any atom is -0.491 e. The summed E-state index contributed by atoms with van der Waals surface area (Å²) in [6.07, 6.45) is 1.99. The summed E-state index contributed by atoms with van der Waals surface area (Å²) in [5.41, 5.74) is 6.90. The fourth-order valence-corrected chi connectivity index (χ4v) is 1.34. The highest BCUT2D eigenvalue weighted by molar-refractivity contribution is 5.56. The largest absolute Gasteiger partial charge is 0.491 e. The molecule has 3 N–H and O–H groups in total. The molecule has 0 spiro atoms. The summed E-state index contributed by atoms with van der Waals surface area (Å²) in [6.45, 7) is 5.72. The molecule has 16 heavy (non-hydrogen) atoms. The molecule has 1 unspecified atom stereocenters. The summed E-state index contributed by atoms with van der Waals surface area (Å²) in [4.78, 5) is 0. The summed E-state index contributed by atoms with van der Waals surface area (Å²) in [5.74, 6) is 0.910. The standard InChI is InChI=1S/C13H22N2O/c1-3-9-16-13-8-6-5-7-12(13)15-10-11(14)4-2/h5-8,11,15H,3-4,9-10,14H2,1-2H3. The lowest BCUT2D eigenvalue weighted by Gasteiger charge is -2.15. The SMILES string of the molecule is CCCOc1ccccc1NCC(N)CC. The highest BCUT2D eigenvalue weighted by atomic mass is 16.5. The fraction of sp³-hybridized carbons (Fsp3) is 0.538. The molecule has 1 aromatic rings. The van der Waals surface area contributed by atoms with Gasteiger partial charge in [-0.25, -0.2) is 0 Å². The lowest BCUT2D eigenvalue weighted by molar-refractivity contribution is 0.319. The van der Waals surface area contributed by atoms with Crippen LogP contribution in [-0.4, -0.2) is 19.2 Å². The Morgan fingerprint density at radius 2 is 2.06 bits per heavy atom. The van der Waals surface area contributed by atoms with E-state index in [-0.39, 0.29) is 6.04 Å². The number of rotatable bonds is 7. The average molecular weight is 222 g/mol. The van der Waals surface area contributed by atoms with Crippen molar-refractivity contribution in [3.05, 3.63) is 24.3 Å². The molecule has 0 amide bonds. The van der Waals surface area contributed by atoms with Gasteiger partial charge in [0.15, 0.2) is 0 Å². The van der Waals surface area contributed by atoms with E-state index in [1.165, 1.54) is 0 Å². The van der Waals surface area contributed by atoms with Crippen LogP contribution in [0.2, 0.25) is 0 Å². The predicted octanol–water partition coefficient (Wildman–Crippen LogP) is 2.62. The summed E-state index contributed by atoms with van der Waals surface area (Å²) in [5, 5.41) is 3.32. The maximum atomic E-state index is 5.87. The molecule has 1 aromatic carbocycles. The molecule has 0 bridgehead atoms. The van der Waals surface area contributed by atoms with Gasteiger partial charge in [0.05, 0.1) is 12.3 Å². The van der Waals surface area contributed by atoms with Crippen molar-refractivity contribution in [3.63, 3.8) is 0 Å². The Morgan fingerprint density at radius 1 is 1.31 bits per heavy atom. The van der Waals surface area contributed by atoms with Gasteiger partial charge in [-0.2, -0.15) is 0 Å². The second kappa shape index (κ2) is 7.12. The summed E-state index contributed by atoms with van der Waals surface area (Å²) >= 11 is 0. The van der Waals surface area contributed by atoms with E-state index in [1.54, 1.807) is 0 Å². The molecule has 90 valence electrons. The zero-order chi connectivity index (χ0) is 11.8. The lowest BCUT2D eigenvalue weighted by Crippen LogP contribution is -2.28. The molecule has 0 aliphatic heterocycles. The normalized spacial score (nSPS) is 12.2. The highest BCUT2D eigenvalue weighted by Gasteiger charge is 2.03. The first-order chi connectivity index (χ1) is 7.77. The van der Waals surface area contributed by atoms with E-state index in [9.17, 15) is 0 Å². The van der Waals surface area contributed by atoms with Crippen LogP contribution in [0.5, 0.6) is 5.75 Å². The fourth-order valence-electron chi connectivity index (χ4n) is 1.34. The first-order valence-corrected chi connectivity index (χ1v) is 5.99. The van der Waals surface area contributed by atoms with Gasteiger partial charge >= 0.3 is 0 Å². The first kappa shape index (κ1) is 12.8. The van der Waals surface area contributed by atoms with Crippen molar-refractivity contribution in [2.45, 2.75) is 32.7 Å². The van der Waals surface area contributed by atoms with Gasteiger partial charge in [0.2, 0.25) is 0 Å². The Morgan fingerprint density at radius 3 is 2.75 bits per heavy atom. The Kier molecular flexibility index (Phi) is 5.72. The van der Waals surface area contributed by atoms with Crippen molar-refractivity contribution in [1.82, 2.24) is 0 Å². The van der Waals surface area contributed by atoms with E-state index in [1.807, 2.05) is 24.3 Å². The average Bonchev–Trinajstić information content (AvgIpc) is 2.34. The topological polar surface area (TPSA) is 47.3 Å². The van der Waals surface area contributed by atoms with Crippen LogP contribution in [0.3, 0.4) is 0 Å². The molecule has 1 rings (SSSR count). The van der Waals surface area contributed by atoms with E-state index in [4.69, 9.17) is 10.5 Å². The summed E-state index contributed by atoms with van der Waals surface area (Å²) in [7, 11) is 0. The molecule has 0 aliphatic carbocycles. The maximum Gasteiger partial charge on any atom is 0.142 e. The smallest absolute Gasteiger partial charge is 0.142 e. The molecule has 3 heteroatoms. The summed E-state index contributed by atoms with van der Waals surface area (Å²) in [6, 6.07) is 8.18. The highest BCUT2D eigenvalue weighted by Crippen LogP contribution is 2.23. The molecule has 0 radical (unpaired) electrons. The van der Waals surface area contributed by atoms with E-state index in [0.29, 0.717) is 0 Å². The number of nitrogens with two attached hydrogens (primary N) is 1. The Labute approximate surface area is 98.0 Å². The zero-order valence-corrected chi connectivity index (χ0v) is 10.2. The molecule has 0 saturated heterocycles. The summed E-state index contributed by atoms with van der Waals surface area (Å²) < 4.78 is 5.65. The Balaban J connectivity index is 2.56. The van der Waals surface area contributed by atoms with Crippen LogP contribution in [0.15, 0.2) is 24.3 Å². The molecule has 0 saturated carbocycles. The predicted molar refractivity (Wildman–Crippen MR) is 69.0 cm³/mol. The third kappa shape index (κ3) is 4.11. The molecule has 0 aromatic heterocycles. The van der Waals surface area contributed by atoms with Crippen molar-refractivity contribution in [1.29, 1.82) is 0 Å². The van der Waals surface area contributed by atoms with Crippen LogP contribution in [0.25, 0.3) is 0 Å². The van der Waals surface area contributed by atoms with Crippen LogP contribution in [0, 0.1) is 0 Å². The van der Waals surface area contributed by atoms with Crippen LogP contribution in [0.1, 0.15) is 26.7 Å². The van der Waals surface area contributed by atoms with Crippen molar-refractivity contribution in [2.75, 3.05) is 18.5 Å². The van der Waals surface area contributed by atoms with Gasteiger partial charge in [-0.3, -0.25) is 0 Å². The van der Waals surface area contributed by atoms with Crippen molar-refractivity contribution in [3.8, 4) is 5.75 Å². The second-order valence-corrected chi connectivity index (χ2v) is 3.89. The van der Waals surface area contributed by atoms with Gasteiger partial charge in [0.1, 0.15) is 5.75 Å². The van der Waals surface area contributed by atoms with Gasteiger partial charge in [-0.1, -0.05) is 26.0 Å². The third-order valence-electron chi connectivity index (χ3n) is 2.43. The van der Waals surface area contributed by atoms with Gasteiger partial charge in [-0.15, -0.1) is 0 Å². The lowest BCUT2D eigenvalue weighted by atomic mass is 10.2. The number of nitrogens with one attached hydrogen (secondary N) is 1. The van der Waals surface area contributed by atoms with Crippen LogP contribution >= 0.6 is 0 Å². The van der Waals surface area contributed by atoms with E-state index in [0.717, 1.165) is 37.4 Å². The Hall–Kier alpha value is -1.22.